The number of benzene rings is 3. The van der Waals surface area contributed by atoms with Crippen LogP contribution in [0, 0.1) is 12.8 Å². The van der Waals surface area contributed by atoms with E-state index >= 15 is 0 Å². The number of aryl methyl sites for hydroxylation is 1. The van der Waals surface area contributed by atoms with Gasteiger partial charge in [0.05, 0.1) is 12.1 Å². The molecule has 5 nitrogen and oxygen atoms in total. The van der Waals surface area contributed by atoms with Gasteiger partial charge in [-0.2, -0.15) is 0 Å². The number of rotatable bonds is 7. The predicted molar refractivity (Wildman–Crippen MR) is 148 cm³/mol. The van der Waals surface area contributed by atoms with E-state index in [4.69, 9.17) is 0 Å². The smallest absolute Gasteiger partial charge is 0.255 e. The van der Waals surface area contributed by atoms with Gasteiger partial charge < -0.3 is 14.8 Å². The fourth-order valence-corrected chi connectivity index (χ4v) is 5.82. The molecule has 5 rings (SSSR count). The van der Waals surface area contributed by atoms with Crippen molar-refractivity contribution in [1.82, 2.24) is 14.8 Å². The maximum absolute atomic E-state index is 14.1. The fourth-order valence-electron chi connectivity index (χ4n) is 5.82. The number of hydrogen-bond donors (Lipinski definition) is 1. The molecule has 5 heteroatoms. The van der Waals surface area contributed by atoms with Gasteiger partial charge in [0.2, 0.25) is 5.91 Å². The lowest BCUT2D eigenvalue weighted by Crippen LogP contribution is -2.52. The predicted octanol–water partition coefficient (Wildman–Crippen LogP) is 6.32. The minimum absolute atomic E-state index is 0.0287. The molecule has 4 aromatic rings. The molecule has 0 aliphatic carbocycles. The van der Waals surface area contributed by atoms with Crippen LogP contribution >= 0.6 is 0 Å². The standard InChI is InChI=1S/C32H35N3O2/c1-6-20(2)29(31(36)33-21(3)23-14-8-7-9-15-23)35-30(24-16-10-11-17-25(24)32(35)37)28-22(4)34(5)27-19-13-12-18-26(27)28/h7-21,29-30H,6H2,1-5H3,(H,33,36). The van der Waals surface area contributed by atoms with Crippen LogP contribution in [-0.2, 0) is 11.8 Å². The van der Waals surface area contributed by atoms with Crippen LogP contribution in [0.3, 0.4) is 0 Å². The lowest BCUT2D eigenvalue weighted by atomic mass is 9.91. The van der Waals surface area contributed by atoms with Crippen molar-refractivity contribution in [2.24, 2.45) is 13.0 Å². The lowest BCUT2D eigenvalue weighted by Gasteiger charge is -2.37. The van der Waals surface area contributed by atoms with Gasteiger partial charge >= 0.3 is 0 Å². The Morgan fingerprint density at radius 2 is 1.59 bits per heavy atom. The molecule has 1 aliphatic rings. The molecule has 1 aliphatic heterocycles. The molecule has 1 N–H and O–H groups in total. The molecule has 4 atom stereocenters. The van der Waals surface area contributed by atoms with Crippen molar-refractivity contribution in [2.45, 2.75) is 52.2 Å². The SMILES string of the molecule is CCC(C)C(C(=O)NC(C)c1ccccc1)N1C(=O)c2ccccc2C1c1c(C)n(C)c2ccccc12. The van der Waals surface area contributed by atoms with E-state index in [1.54, 1.807) is 0 Å². The van der Waals surface area contributed by atoms with Gasteiger partial charge in [-0.1, -0.05) is 87.0 Å². The van der Waals surface area contributed by atoms with Crippen LogP contribution in [0.2, 0.25) is 0 Å². The number of carbonyl (C=O) groups excluding carboxylic acids is 2. The summed E-state index contributed by atoms with van der Waals surface area (Å²) in [6, 6.07) is 25.0. The van der Waals surface area contributed by atoms with Crippen molar-refractivity contribution in [3.63, 3.8) is 0 Å². The molecular weight excluding hydrogens is 458 g/mol. The Morgan fingerprint density at radius 1 is 0.946 bits per heavy atom. The number of carbonyl (C=O) groups is 2. The molecule has 0 fully saturated rings. The highest BCUT2D eigenvalue weighted by atomic mass is 16.2. The summed E-state index contributed by atoms with van der Waals surface area (Å²) in [5.41, 5.74) is 5.99. The zero-order chi connectivity index (χ0) is 26.3. The Kier molecular flexibility index (Phi) is 6.63. The van der Waals surface area contributed by atoms with Crippen molar-refractivity contribution in [2.75, 3.05) is 0 Å². The lowest BCUT2D eigenvalue weighted by molar-refractivity contribution is -0.128. The Labute approximate surface area is 219 Å². The van der Waals surface area contributed by atoms with Gasteiger partial charge in [-0.15, -0.1) is 0 Å². The average Bonchev–Trinajstić information content (AvgIpc) is 3.34. The van der Waals surface area contributed by atoms with Crippen molar-refractivity contribution >= 4 is 22.7 Å². The first-order valence-electron chi connectivity index (χ1n) is 13.2. The summed E-state index contributed by atoms with van der Waals surface area (Å²) in [6.45, 7) is 8.25. The van der Waals surface area contributed by atoms with Crippen molar-refractivity contribution in [1.29, 1.82) is 0 Å². The first kappa shape index (κ1) is 24.8. The summed E-state index contributed by atoms with van der Waals surface area (Å²) in [6.07, 6.45) is 0.777. The Hall–Kier alpha value is -3.86. The Morgan fingerprint density at radius 3 is 2.32 bits per heavy atom. The summed E-state index contributed by atoms with van der Waals surface area (Å²) in [5, 5.41) is 4.34. The summed E-state index contributed by atoms with van der Waals surface area (Å²) in [5.74, 6) is -0.227. The van der Waals surface area contributed by atoms with E-state index < -0.39 is 6.04 Å². The molecular formula is C32H35N3O2. The first-order chi connectivity index (χ1) is 17.8. The number of nitrogens with zero attached hydrogens (tertiary/aromatic N) is 2. The van der Waals surface area contributed by atoms with Crippen molar-refractivity contribution < 1.29 is 9.59 Å². The highest BCUT2D eigenvalue weighted by Crippen LogP contribution is 2.45. The number of para-hydroxylation sites is 1. The summed E-state index contributed by atoms with van der Waals surface area (Å²) in [7, 11) is 2.06. The monoisotopic (exact) mass is 493 g/mol. The van der Waals surface area contributed by atoms with E-state index in [0.717, 1.165) is 39.7 Å². The second-order valence-corrected chi connectivity index (χ2v) is 10.2. The molecule has 0 radical (unpaired) electrons. The number of fused-ring (bicyclic) bond motifs is 2. The molecule has 2 heterocycles. The van der Waals surface area contributed by atoms with Gasteiger partial charge in [0.25, 0.3) is 5.91 Å². The molecule has 0 saturated heterocycles. The third-order valence-electron chi connectivity index (χ3n) is 8.13. The molecule has 0 spiro atoms. The summed E-state index contributed by atoms with van der Waals surface area (Å²) in [4.78, 5) is 30.0. The third kappa shape index (κ3) is 4.12. The molecule has 2 amide bonds. The van der Waals surface area contributed by atoms with E-state index in [9.17, 15) is 9.59 Å². The molecule has 190 valence electrons. The van der Waals surface area contributed by atoms with Crippen LogP contribution in [0.25, 0.3) is 10.9 Å². The van der Waals surface area contributed by atoms with E-state index in [0.29, 0.717) is 5.56 Å². The maximum atomic E-state index is 14.1. The quantitative estimate of drug-likeness (QED) is 0.327. The second kappa shape index (κ2) is 9.89. The van der Waals surface area contributed by atoms with Gasteiger partial charge in [0.1, 0.15) is 6.04 Å². The van der Waals surface area contributed by atoms with Crippen LogP contribution in [0.15, 0.2) is 78.9 Å². The van der Waals surface area contributed by atoms with Crippen LogP contribution in [0.4, 0.5) is 0 Å². The van der Waals surface area contributed by atoms with Crippen LogP contribution in [0.5, 0.6) is 0 Å². The average molecular weight is 494 g/mol. The van der Waals surface area contributed by atoms with Crippen LogP contribution in [-0.4, -0.2) is 27.3 Å². The maximum Gasteiger partial charge on any atom is 0.255 e. The largest absolute Gasteiger partial charge is 0.348 e. The third-order valence-corrected chi connectivity index (χ3v) is 8.13. The number of hydrogen-bond acceptors (Lipinski definition) is 2. The van der Waals surface area contributed by atoms with Crippen LogP contribution < -0.4 is 5.32 Å². The fraction of sp³-hybridized carbons (Fsp3) is 0.312. The van der Waals surface area contributed by atoms with Gasteiger partial charge in [-0.3, -0.25) is 9.59 Å². The highest BCUT2D eigenvalue weighted by Gasteiger charge is 2.47. The molecule has 0 saturated carbocycles. The summed E-state index contributed by atoms with van der Waals surface area (Å²) >= 11 is 0. The van der Waals surface area contributed by atoms with Crippen molar-refractivity contribution in [3.8, 4) is 0 Å². The van der Waals surface area contributed by atoms with Gasteiger partial charge in [-0.05, 0) is 43.0 Å². The minimum atomic E-state index is -0.612. The molecule has 4 unspecified atom stereocenters. The number of aromatic nitrogens is 1. The van der Waals surface area contributed by atoms with E-state index in [-0.39, 0.29) is 29.8 Å². The molecule has 3 aromatic carbocycles. The second-order valence-electron chi connectivity index (χ2n) is 10.2. The highest BCUT2D eigenvalue weighted by molar-refractivity contribution is 6.03. The summed E-state index contributed by atoms with van der Waals surface area (Å²) < 4.78 is 2.18. The minimum Gasteiger partial charge on any atom is -0.348 e. The number of amides is 2. The van der Waals surface area contributed by atoms with Crippen LogP contribution in [0.1, 0.15) is 72.0 Å². The van der Waals surface area contributed by atoms with E-state index in [1.165, 1.54) is 0 Å². The van der Waals surface area contributed by atoms with Gasteiger partial charge in [-0.25, -0.2) is 0 Å². The first-order valence-corrected chi connectivity index (χ1v) is 13.2. The van der Waals surface area contributed by atoms with Gasteiger partial charge in [0.15, 0.2) is 0 Å². The Bertz CT molecular complexity index is 1460. The normalized spacial score (nSPS) is 17.5. The molecule has 1 aromatic heterocycles. The topological polar surface area (TPSA) is 54.3 Å². The number of nitrogens with one attached hydrogen (secondary N) is 1. The Balaban J connectivity index is 1.64. The molecule has 0 bridgehead atoms. The zero-order valence-electron chi connectivity index (χ0n) is 22.2. The van der Waals surface area contributed by atoms with Crippen molar-refractivity contribution in [3.05, 3.63) is 107 Å². The van der Waals surface area contributed by atoms with E-state index in [1.807, 2.05) is 78.6 Å². The molecule has 37 heavy (non-hydrogen) atoms. The van der Waals surface area contributed by atoms with E-state index in [2.05, 4.69) is 49.8 Å². The zero-order valence-corrected chi connectivity index (χ0v) is 22.2. The van der Waals surface area contributed by atoms with Gasteiger partial charge in [0, 0.05) is 34.8 Å².